The lowest BCUT2D eigenvalue weighted by Gasteiger charge is -2.35. The molecule has 5 rings (SSSR count). The second-order valence-corrected chi connectivity index (χ2v) is 7.85. The lowest BCUT2D eigenvalue weighted by atomic mass is 9.81. The average Bonchev–Trinajstić information content (AvgIpc) is 2.76. The number of aryl methyl sites for hydroxylation is 1. The normalized spacial score (nSPS) is 16.1. The first-order valence-corrected chi connectivity index (χ1v) is 10.1. The third-order valence-electron chi connectivity index (χ3n) is 5.93. The molecule has 29 heavy (non-hydrogen) atoms. The smallest absolute Gasteiger partial charge is 0.228 e. The minimum atomic E-state index is 0.0798. The molecule has 0 bridgehead atoms. The van der Waals surface area contributed by atoms with E-state index in [1.807, 2.05) is 23.1 Å². The van der Waals surface area contributed by atoms with Crippen LogP contribution in [0.25, 0.3) is 10.8 Å². The maximum Gasteiger partial charge on any atom is 0.228 e. The molecule has 4 aromatic carbocycles. The van der Waals surface area contributed by atoms with Gasteiger partial charge in [0.2, 0.25) is 5.91 Å². The SMILES string of the molecule is Cc1ccc(C2CC(=O)N(Cc3ccccc3)c3ccc4ccccc4c32)cc1. The van der Waals surface area contributed by atoms with Gasteiger partial charge >= 0.3 is 0 Å². The predicted octanol–water partition coefficient (Wildman–Crippen LogP) is 6.22. The topological polar surface area (TPSA) is 20.3 Å². The molecule has 2 heteroatoms. The molecule has 0 saturated heterocycles. The minimum Gasteiger partial charge on any atom is -0.308 e. The van der Waals surface area contributed by atoms with Crippen LogP contribution in [0.3, 0.4) is 0 Å². The number of rotatable bonds is 3. The molecule has 1 unspecified atom stereocenters. The van der Waals surface area contributed by atoms with Crippen LogP contribution in [0, 0.1) is 6.92 Å². The van der Waals surface area contributed by atoms with Crippen LogP contribution in [0.15, 0.2) is 91.0 Å². The lowest BCUT2D eigenvalue weighted by Crippen LogP contribution is -2.36. The van der Waals surface area contributed by atoms with Crippen molar-refractivity contribution < 1.29 is 4.79 Å². The Balaban J connectivity index is 1.69. The third-order valence-corrected chi connectivity index (χ3v) is 5.93. The second-order valence-electron chi connectivity index (χ2n) is 7.85. The van der Waals surface area contributed by atoms with Crippen molar-refractivity contribution in [2.75, 3.05) is 4.90 Å². The molecule has 0 aliphatic carbocycles. The summed E-state index contributed by atoms with van der Waals surface area (Å²) >= 11 is 0. The zero-order valence-electron chi connectivity index (χ0n) is 16.5. The zero-order valence-corrected chi connectivity index (χ0v) is 16.5. The quantitative estimate of drug-likeness (QED) is 0.415. The second kappa shape index (κ2) is 7.21. The number of hydrogen-bond acceptors (Lipinski definition) is 1. The van der Waals surface area contributed by atoms with Crippen molar-refractivity contribution in [3.63, 3.8) is 0 Å². The average molecular weight is 377 g/mol. The zero-order chi connectivity index (χ0) is 19.8. The Bertz CT molecular complexity index is 1180. The van der Waals surface area contributed by atoms with E-state index < -0.39 is 0 Å². The summed E-state index contributed by atoms with van der Waals surface area (Å²) in [4.78, 5) is 15.2. The summed E-state index contributed by atoms with van der Waals surface area (Å²) in [6.45, 7) is 2.70. The molecule has 0 N–H and O–H groups in total. The molecule has 1 heterocycles. The van der Waals surface area contributed by atoms with Crippen molar-refractivity contribution in [1.82, 2.24) is 0 Å². The van der Waals surface area contributed by atoms with Gasteiger partial charge < -0.3 is 4.90 Å². The standard InChI is InChI=1S/C27H23NO/c1-19-11-13-22(14-12-19)24-17-26(29)28(18-20-7-3-2-4-8-20)25-16-15-21-9-5-6-10-23(21)27(24)25/h2-16,24H,17-18H2,1H3. The Hall–Kier alpha value is -3.39. The summed E-state index contributed by atoms with van der Waals surface area (Å²) in [5, 5.41) is 2.46. The molecular formula is C27H23NO. The molecular weight excluding hydrogens is 354 g/mol. The summed E-state index contributed by atoms with van der Waals surface area (Å²) in [7, 11) is 0. The molecule has 142 valence electrons. The largest absolute Gasteiger partial charge is 0.308 e. The van der Waals surface area contributed by atoms with Crippen molar-refractivity contribution >= 4 is 22.4 Å². The van der Waals surface area contributed by atoms with Gasteiger partial charge in [-0.05, 0) is 40.5 Å². The number of carbonyl (C=O) groups excluding carboxylic acids is 1. The Kier molecular flexibility index (Phi) is 4.40. The molecule has 0 aromatic heterocycles. The van der Waals surface area contributed by atoms with E-state index >= 15 is 0 Å². The van der Waals surface area contributed by atoms with Crippen molar-refractivity contribution in [3.05, 3.63) is 113 Å². The molecule has 0 spiro atoms. The van der Waals surface area contributed by atoms with Crippen LogP contribution >= 0.6 is 0 Å². The maximum absolute atomic E-state index is 13.3. The van der Waals surface area contributed by atoms with Crippen LogP contribution in [0.5, 0.6) is 0 Å². The van der Waals surface area contributed by atoms with Gasteiger partial charge in [-0.3, -0.25) is 4.79 Å². The fourth-order valence-electron chi connectivity index (χ4n) is 4.43. The summed E-state index contributed by atoms with van der Waals surface area (Å²) in [5.74, 6) is 0.262. The fraction of sp³-hybridized carbons (Fsp3) is 0.148. The van der Waals surface area contributed by atoms with Crippen molar-refractivity contribution in [2.45, 2.75) is 25.8 Å². The van der Waals surface area contributed by atoms with Gasteiger partial charge in [0.15, 0.2) is 0 Å². The molecule has 1 aliphatic heterocycles. The number of nitrogens with zero attached hydrogens (tertiary/aromatic N) is 1. The van der Waals surface area contributed by atoms with Crippen LogP contribution in [0.1, 0.15) is 34.6 Å². The molecule has 0 fully saturated rings. The Labute approximate surface area is 171 Å². The van der Waals surface area contributed by atoms with E-state index in [9.17, 15) is 4.79 Å². The predicted molar refractivity (Wildman–Crippen MR) is 119 cm³/mol. The van der Waals surface area contributed by atoms with E-state index in [1.54, 1.807) is 0 Å². The summed E-state index contributed by atoms with van der Waals surface area (Å²) in [5.41, 5.74) is 5.89. The van der Waals surface area contributed by atoms with Crippen LogP contribution < -0.4 is 4.90 Å². The molecule has 1 atom stereocenters. The van der Waals surface area contributed by atoms with E-state index in [0.717, 1.165) is 11.3 Å². The van der Waals surface area contributed by atoms with E-state index in [4.69, 9.17) is 0 Å². The maximum atomic E-state index is 13.3. The first-order chi connectivity index (χ1) is 14.2. The first kappa shape index (κ1) is 17.7. The molecule has 2 nitrogen and oxygen atoms in total. The number of anilines is 1. The van der Waals surface area contributed by atoms with Crippen LogP contribution in [0.2, 0.25) is 0 Å². The Morgan fingerprint density at radius 3 is 2.34 bits per heavy atom. The molecule has 0 radical (unpaired) electrons. The summed E-state index contributed by atoms with van der Waals surface area (Å²) < 4.78 is 0. The highest BCUT2D eigenvalue weighted by atomic mass is 16.2. The molecule has 1 amide bonds. The monoisotopic (exact) mass is 377 g/mol. The number of carbonyl (C=O) groups is 1. The van der Waals surface area contributed by atoms with Gasteiger partial charge in [-0.1, -0.05) is 90.5 Å². The number of fused-ring (bicyclic) bond motifs is 3. The van der Waals surface area contributed by atoms with Gasteiger partial charge in [-0.2, -0.15) is 0 Å². The first-order valence-electron chi connectivity index (χ1n) is 10.1. The van der Waals surface area contributed by atoms with Crippen LogP contribution in [-0.4, -0.2) is 5.91 Å². The molecule has 4 aromatic rings. The summed E-state index contributed by atoms with van der Waals surface area (Å²) in [6, 6.07) is 31.6. The van der Waals surface area contributed by atoms with Crippen molar-refractivity contribution in [1.29, 1.82) is 0 Å². The minimum absolute atomic E-state index is 0.0798. The highest BCUT2D eigenvalue weighted by molar-refractivity contribution is 6.03. The van der Waals surface area contributed by atoms with Gasteiger partial charge in [0.25, 0.3) is 0 Å². The summed E-state index contributed by atoms with van der Waals surface area (Å²) in [6.07, 6.45) is 0.497. The number of amides is 1. The number of benzene rings is 4. The van der Waals surface area contributed by atoms with E-state index in [0.29, 0.717) is 13.0 Å². The van der Waals surface area contributed by atoms with Crippen LogP contribution in [0.4, 0.5) is 5.69 Å². The van der Waals surface area contributed by atoms with E-state index in [-0.39, 0.29) is 11.8 Å². The van der Waals surface area contributed by atoms with Crippen molar-refractivity contribution in [3.8, 4) is 0 Å². The number of hydrogen-bond donors (Lipinski definition) is 0. The van der Waals surface area contributed by atoms with Gasteiger partial charge in [0.05, 0.1) is 6.54 Å². The third kappa shape index (κ3) is 3.21. The van der Waals surface area contributed by atoms with Crippen molar-refractivity contribution in [2.24, 2.45) is 0 Å². The van der Waals surface area contributed by atoms with Gasteiger partial charge in [0, 0.05) is 18.0 Å². The Morgan fingerprint density at radius 2 is 1.55 bits per heavy atom. The fourth-order valence-corrected chi connectivity index (χ4v) is 4.43. The molecule has 0 saturated carbocycles. The van der Waals surface area contributed by atoms with E-state index in [2.05, 4.69) is 79.7 Å². The van der Waals surface area contributed by atoms with E-state index in [1.165, 1.54) is 27.5 Å². The Morgan fingerprint density at radius 1 is 0.828 bits per heavy atom. The van der Waals surface area contributed by atoms with Gasteiger partial charge in [0.1, 0.15) is 0 Å². The van der Waals surface area contributed by atoms with Gasteiger partial charge in [-0.25, -0.2) is 0 Å². The molecule has 1 aliphatic rings. The lowest BCUT2D eigenvalue weighted by molar-refractivity contribution is -0.119. The van der Waals surface area contributed by atoms with Gasteiger partial charge in [-0.15, -0.1) is 0 Å². The van der Waals surface area contributed by atoms with Crippen LogP contribution in [-0.2, 0) is 11.3 Å². The highest BCUT2D eigenvalue weighted by Gasteiger charge is 2.33. The highest BCUT2D eigenvalue weighted by Crippen LogP contribution is 2.44.